The summed E-state index contributed by atoms with van der Waals surface area (Å²) in [4.78, 5) is 22.0. The standard InChI is InChI=1S/C13H17NO4/c1-3-14-10(2)13(16)18-12-6-4-11(5-7-12)8-17-9-15/h4-7,9-10,14H,3,8H2,1-2H3/i9D. The summed E-state index contributed by atoms with van der Waals surface area (Å²) in [7, 11) is 0. The Labute approximate surface area is 107 Å². The summed E-state index contributed by atoms with van der Waals surface area (Å²) in [5.41, 5.74) is 0.722. The van der Waals surface area contributed by atoms with E-state index in [0.29, 0.717) is 12.3 Å². The van der Waals surface area contributed by atoms with Crippen LogP contribution in [0.3, 0.4) is 0 Å². The van der Waals surface area contributed by atoms with E-state index in [0.717, 1.165) is 5.56 Å². The fourth-order valence-electron chi connectivity index (χ4n) is 1.36. The van der Waals surface area contributed by atoms with Crippen molar-refractivity contribution in [3.8, 4) is 5.75 Å². The lowest BCUT2D eigenvalue weighted by Gasteiger charge is -2.11. The SMILES string of the molecule is [2H]C(=O)OCc1ccc(OC(=O)C(C)NCC)cc1. The van der Waals surface area contributed by atoms with Gasteiger partial charge in [0, 0.05) is 0 Å². The topological polar surface area (TPSA) is 64.6 Å². The Morgan fingerprint density at radius 2 is 2.17 bits per heavy atom. The molecule has 98 valence electrons. The lowest BCUT2D eigenvalue weighted by atomic mass is 10.2. The average molecular weight is 252 g/mol. The second-order valence-corrected chi connectivity index (χ2v) is 3.72. The molecule has 5 nitrogen and oxygen atoms in total. The first kappa shape index (κ1) is 12.6. The van der Waals surface area contributed by atoms with Crippen LogP contribution in [0, 0.1) is 0 Å². The van der Waals surface area contributed by atoms with Crippen molar-refractivity contribution < 1.29 is 20.4 Å². The molecule has 0 spiro atoms. The molecule has 0 aliphatic rings. The predicted molar refractivity (Wildman–Crippen MR) is 66.1 cm³/mol. The van der Waals surface area contributed by atoms with Gasteiger partial charge in [-0.3, -0.25) is 4.79 Å². The van der Waals surface area contributed by atoms with Gasteiger partial charge in [-0.25, -0.2) is 4.79 Å². The Morgan fingerprint density at radius 1 is 1.50 bits per heavy atom. The number of carbonyl (C=O) groups excluding carboxylic acids is 2. The first-order valence-corrected chi connectivity index (χ1v) is 5.70. The number of esters is 1. The molecule has 1 aromatic rings. The third-order valence-corrected chi connectivity index (χ3v) is 2.30. The molecule has 0 aliphatic carbocycles. The van der Waals surface area contributed by atoms with Crippen LogP contribution in [0.5, 0.6) is 5.75 Å². The molecule has 0 amide bonds. The normalized spacial score (nSPS) is 12.4. The van der Waals surface area contributed by atoms with Crippen LogP contribution in [-0.4, -0.2) is 25.0 Å². The van der Waals surface area contributed by atoms with Crippen molar-refractivity contribution in [2.45, 2.75) is 26.5 Å². The lowest BCUT2D eigenvalue weighted by molar-refractivity contribution is -0.136. The van der Waals surface area contributed by atoms with Crippen LogP contribution in [0.25, 0.3) is 0 Å². The summed E-state index contributed by atoms with van der Waals surface area (Å²) in [5, 5.41) is 2.96. The maximum atomic E-state index is 11.6. The Hall–Kier alpha value is -1.88. The molecule has 1 rings (SSSR count). The maximum Gasteiger partial charge on any atom is 0.328 e. The number of ether oxygens (including phenoxy) is 2. The van der Waals surface area contributed by atoms with Gasteiger partial charge >= 0.3 is 5.97 Å². The van der Waals surface area contributed by atoms with Crippen molar-refractivity contribution in [3.05, 3.63) is 29.8 Å². The van der Waals surface area contributed by atoms with Crippen LogP contribution < -0.4 is 10.1 Å². The van der Waals surface area contributed by atoms with Gasteiger partial charge in [0.1, 0.15) is 18.4 Å². The minimum absolute atomic E-state index is 0.0321. The van der Waals surface area contributed by atoms with Crippen LogP contribution in [-0.2, 0) is 20.9 Å². The van der Waals surface area contributed by atoms with Crippen molar-refractivity contribution in [1.29, 1.82) is 0 Å². The van der Waals surface area contributed by atoms with E-state index >= 15 is 0 Å². The Morgan fingerprint density at radius 3 is 2.72 bits per heavy atom. The number of benzene rings is 1. The quantitative estimate of drug-likeness (QED) is 0.469. The van der Waals surface area contributed by atoms with Crippen molar-refractivity contribution >= 4 is 12.4 Å². The Kier molecular flexibility index (Phi) is 5.20. The number of carbonyl (C=O) groups is 2. The average Bonchev–Trinajstić information content (AvgIpc) is 2.38. The fraction of sp³-hybridized carbons (Fsp3) is 0.385. The van der Waals surface area contributed by atoms with Crippen molar-refractivity contribution in [1.82, 2.24) is 5.32 Å². The van der Waals surface area contributed by atoms with Crippen LogP contribution in [0.2, 0.25) is 0 Å². The van der Waals surface area contributed by atoms with Gasteiger partial charge in [0.05, 0.1) is 0 Å². The number of hydrogen-bond donors (Lipinski definition) is 1. The minimum Gasteiger partial charge on any atom is -0.463 e. The van der Waals surface area contributed by atoms with E-state index in [-0.39, 0.29) is 18.6 Å². The number of likely N-dealkylation sites (N-methyl/N-ethyl adjacent to an activating group) is 1. The van der Waals surface area contributed by atoms with Crippen LogP contribution in [0.15, 0.2) is 24.3 Å². The molecule has 0 aliphatic heterocycles. The zero-order chi connectivity index (χ0) is 14.3. The molecule has 0 bridgehead atoms. The third kappa shape index (κ3) is 4.55. The zero-order valence-electron chi connectivity index (χ0n) is 11.4. The summed E-state index contributed by atoms with van der Waals surface area (Å²) >= 11 is 0. The highest BCUT2D eigenvalue weighted by Gasteiger charge is 2.13. The molecule has 0 saturated heterocycles. The summed E-state index contributed by atoms with van der Waals surface area (Å²) in [6, 6.07) is 6.20. The summed E-state index contributed by atoms with van der Waals surface area (Å²) in [6.07, 6.45) is -1.07. The largest absolute Gasteiger partial charge is 0.463 e. The molecule has 0 fully saturated rings. The van der Waals surface area contributed by atoms with Gasteiger partial charge in [0.25, 0.3) is 6.45 Å². The molecule has 18 heavy (non-hydrogen) atoms. The maximum absolute atomic E-state index is 11.6. The molecule has 0 heterocycles. The molecule has 0 radical (unpaired) electrons. The first-order chi connectivity index (χ1) is 9.02. The van der Waals surface area contributed by atoms with Crippen LogP contribution in [0.1, 0.15) is 20.8 Å². The van der Waals surface area contributed by atoms with Crippen molar-refractivity contribution in [3.63, 3.8) is 0 Å². The number of rotatable bonds is 6. The highest BCUT2D eigenvalue weighted by atomic mass is 16.5. The van der Waals surface area contributed by atoms with Crippen LogP contribution >= 0.6 is 0 Å². The molecular formula is C13H17NO4. The van der Waals surface area contributed by atoms with E-state index in [9.17, 15) is 9.59 Å². The molecule has 0 aromatic heterocycles. The van der Waals surface area contributed by atoms with Gasteiger partial charge in [0.15, 0.2) is 1.37 Å². The molecule has 0 saturated carbocycles. The second-order valence-electron chi connectivity index (χ2n) is 3.72. The predicted octanol–water partition coefficient (Wildman–Crippen LogP) is 1.26. The van der Waals surface area contributed by atoms with Crippen molar-refractivity contribution in [2.75, 3.05) is 6.54 Å². The smallest absolute Gasteiger partial charge is 0.328 e. The Balaban J connectivity index is 2.52. The van der Waals surface area contributed by atoms with Gasteiger partial charge in [0.2, 0.25) is 0 Å². The van der Waals surface area contributed by atoms with Crippen molar-refractivity contribution in [2.24, 2.45) is 0 Å². The minimum atomic E-state index is -1.07. The van der Waals surface area contributed by atoms with Crippen LogP contribution in [0.4, 0.5) is 0 Å². The molecule has 5 heteroatoms. The van der Waals surface area contributed by atoms with E-state index < -0.39 is 6.45 Å². The summed E-state index contributed by atoms with van der Waals surface area (Å²) in [6.45, 7) is 4.36. The Bertz CT molecular complexity index is 433. The third-order valence-electron chi connectivity index (χ3n) is 2.30. The highest BCUT2D eigenvalue weighted by molar-refractivity contribution is 5.77. The highest BCUT2D eigenvalue weighted by Crippen LogP contribution is 2.13. The lowest BCUT2D eigenvalue weighted by Crippen LogP contribution is -2.36. The van der Waals surface area contributed by atoms with Gasteiger partial charge in [-0.15, -0.1) is 0 Å². The van der Waals surface area contributed by atoms with Gasteiger partial charge in [-0.1, -0.05) is 19.1 Å². The van der Waals surface area contributed by atoms with E-state index in [1.54, 1.807) is 31.2 Å². The second kappa shape index (κ2) is 7.45. The number of hydrogen-bond acceptors (Lipinski definition) is 5. The summed E-state index contributed by atoms with van der Waals surface area (Å²) < 4.78 is 16.3. The monoisotopic (exact) mass is 252 g/mol. The molecule has 1 N–H and O–H groups in total. The van der Waals surface area contributed by atoms with E-state index in [1.165, 1.54) is 0 Å². The van der Waals surface area contributed by atoms with Gasteiger partial charge < -0.3 is 14.8 Å². The zero-order valence-corrected chi connectivity index (χ0v) is 10.4. The molecule has 1 atom stereocenters. The molecule has 1 unspecified atom stereocenters. The number of nitrogens with one attached hydrogen (secondary N) is 1. The molecular weight excluding hydrogens is 234 g/mol. The van der Waals surface area contributed by atoms with Gasteiger partial charge in [-0.2, -0.15) is 0 Å². The molecule has 1 aromatic carbocycles. The first-order valence-electron chi connectivity index (χ1n) is 6.20. The summed E-state index contributed by atoms with van der Waals surface area (Å²) in [5.74, 6) is 0.0721. The van der Waals surface area contributed by atoms with E-state index in [2.05, 4.69) is 10.1 Å². The van der Waals surface area contributed by atoms with Gasteiger partial charge in [-0.05, 0) is 31.2 Å². The van der Waals surface area contributed by atoms with E-state index in [1.807, 2.05) is 6.92 Å². The van der Waals surface area contributed by atoms with E-state index in [4.69, 9.17) is 6.11 Å². The fourth-order valence-corrected chi connectivity index (χ4v) is 1.36.